The zero-order chi connectivity index (χ0) is 12.3. The maximum absolute atomic E-state index is 12.5. The first kappa shape index (κ1) is 12.3. The first-order valence-corrected chi connectivity index (χ1v) is 4.39. The number of benzene rings is 1. The highest BCUT2D eigenvalue weighted by Crippen LogP contribution is 2.32. The van der Waals surface area contributed by atoms with Crippen molar-refractivity contribution in [2.24, 2.45) is 0 Å². The molecule has 86 valence electrons. The molecule has 2 nitrogen and oxygen atoms in total. The molecule has 1 N–H and O–H groups in total. The summed E-state index contributed by atoms with van der Waals surface area (Å²) < 4.78 is 37.6. The average Bonchev–Trinajstić information content (AvgIpc) is 2.12. The van der Waals surface area contributed by atoms with Crippen LogP contribution in [-0.4, -0.2) is 11.1 Å². The summed E-state index contributed by atoms with van der Waals surface area (Å²) in [6.45, 7) is 1.64. The largest absolute Gasteiger partial charge is 0.478 e. The van der Waals surface area contributed by atoms with Crippen molar-refractivity contribution in [3.8, 4) is 0 Å². The van der Waals surface area contributed by atoms with Crippen LogP contribution in [0.5, 0.6) is 0 Å². The topological polar surface area (TPSA) is 37.3 Å². The van der Waals surface area contributed by atoms with Crippen LogP contribution in [0.2, 0.25) is 0 Å². The van der Waals surface area contributed by atoms with E-state index in [9.17, 15) is 18.0 Å². The van der Waals surface area contributed by atoms with Gasteiger partial charge in [-0.05, 0) is 24.6 Å². The third-order valence-electron chi connectivity index (χ3n) is 1.92. The second-order valence-electron chi connectivity index (χ2n) is 3.26. The molecule has 0 heterocycles. The Balaban J connectivity index is 3.24. The van der Waals surface area contributed by atoms with Crippen molar-refractivity contribution in [1.29, 1.82) is 0 Å². The van der Waals surface area contributed by atoms with E-state index in [0.29, 0.717) is 11.6 Å². The molecule has 1 rings (SSSR count). The van der Waals surface area contributed by atoms with Gasteiger partial charge in [0.15, 0.2) is 0 Å². The molecule has 1 aromatic rings. The molecule has 0 saturated carbocycles. The van der Waals surface area contributed by atoms with E-state index in [1.54, 1.807) is 6.92 Å². The predicted octanol–water partition coefficient (Wildman–Crippen LogP) is 3.11. The Morgan fingerprint density at radius 1 is 1.38 bits per heavy atom. The fraction of sp³-hybridized carbons (Fsp3) is 0.182. The molecule has 0 aromatic heterocycles. The van der Waals surface area contributed by atoms with Crippen molar-refractivity contribution in [3.05, 3.63) is 41.0 Å². The van der Waals surface area contributed by atoms with Crippen molar-refractivity contribution in [3.63, 3.8) is 0 Å². The first-order valence-electron chi connectivity index (χ1n) is 4.39. The quantitative estimate of drug-likeness (QED) is 0.792. The molecule has 0 radical (unpaired) electrons. The number of carboxylic acids is 1. The van der Waals surface area contributed by atoms with E-state index in [-0.39, 0.29) is 5.56 Å². The van der Waals surface area contributed by atoms with Crippen LogP contribution in [0.4, 0.5) is 13.2 Å². The molecule has 0 unspecified atom stereocenters. The van der Waals surface area contributed by atoms with Crippen LogP contribution in [-0.2, 0) is 11.0 Å². The number of hydrogen-bond donors (Lipinski definition) is 1. The Kier molecular flexibility index (Phi) is 3.37. The maximum atomic E-state index is 12.5. The average molecular weight is 230 g/mol. The Labute approximate surface area is 90.0 Å². The highest BCUT2D eigenvalue weighted by molar-refractivity contribution is 5.85. The third-order valence-corrected chi connectivity index (χ3v) is 1.92. The number of aryl methyl sites for hydroxylation is 1. The van der Waals surface area contributed by atoms with E-state index < -0.39 is 17.7 Å². The van der Waals surface area contributed by atoms with Gasteiger partial charge in [0.05, 0.1) is 5.56 Å². The summed E-state index contributed by atoms with van der Waals surface area (Å²) in [6.07, 6.45) is -2.85. The molecule has 0 aliphatic carbocycles. The second-order valence-corrected chi connectivity index (χ2v) is 3.26. The molecular formula is C11H9F3O2. The molecule has 0 amide bonds. The number of carbonyl (C=O) groups is 1. The van der Waals surface area contributed by atoms with Crippen LogP contribution >= 0.6 is 0 Å². The van der Waals surface area contributed by atoms with Gasteiger partial charge in [-0.1, -0.05) is 17.7 Å². The van der Waals surface area contributed by atoms with Crippen molar-refractivity contribution in [2.75, 3.05) is 0 Å². The van der Waals surface area contributed by atoms with Gasteiger partial charge in [0, 0.05) is 6.08 Å². The van der Waals surface area contributed by atoms with Crippen LogP contribution < -0.4 is 0 Å². The molecule has 5 heteroatoms. The Morgan fingerprint density at radius 2 is 2.00 bits per heavy atom. The normalized spacial score (nSPS) is 12.0. The zero-order valence-corrected chi connectivity index (χ0v) is 8.38. The van der Waals surface area contributed by atoms with Gasteiger partial charge >= 0.3 is 12.1 Å². The minimum Gasteiger partial charge on any atom is -0.478 e. The molecule has 0 saturated heterocycles. The lowest BCUT2D eigenvalue weighted by Crippen LogP contribution is -2.07. The van der Waals surface area contributed by atoms with E-state index in [4.69, 9.17) is 5.11 Å². The van der Waals surface area contributed by atoms with Gasteiger partial charge in [0.2, 0.25) is 0 Å². The highest BCUT2D eigenvalue weighted by Gasteiger charge is 2.32. The Morgan fingerprint density at radius 3 is 2.50 bits per heavy atom. The minimum absolute atomic E-state index is 0.144. The fourth-order valence-electron chi connectivity index (χ4n) is 1.24. The number of aliphatic carboxylic acids is 1. The van der Waals surface area contributed by atoms with Gasteiger partial charge in [0.25, 0.3) is 0 Å². The van der Waals surface area contributed by atoms with Crippen molar-refractivity contribution in [1.82, 2.24) is 0 Å². The fourth-order valence-corrected chi connectivity index (χ4v) is 1.24. The molecule has 0 spiro atoms. The first-order chi connectivity index (χ1) is 7.30. The molecular weight excluding hydrogens is 221 g/mol. The minimum atomic E-state index is -4.48. The Bertz CT molecular complexity index is 433. The number of carboxylic acid groups (broad SMARTS) is 1. The van der Waals surface area contributed by atoms with Gasteiger partial charge < -0.3 is 5.11 Å². The standard InChI is InChI=1S/C11H9F3O2/c1-7-2-4-9(11(12,13)14)8(6-7)3-5-10(15)16/h2-6H,1H3,(H,15,16)/b5-3+. The summed E-state index contributed by atoms with van der Waals surface area (Å²) in [5.41, 5.74) is -0.344. The van der Waals surface area contributed by atoms with E-state index in [2.05, 4.69) is 0 Å². The van der Waals surface area contributed by atoms with Gasteiger partial charge in [-0.25, -0.2) is 4.79 Å². The molecule has 0 bridgehead atoms. The molecule has 1 aromatic carbocycles. The third kappa shape index (κ3) is 3.12. The lowest BCUT2D eigenvalue weighted by molar-refractivity contribution is -0.138. The van der Waals surface area contributed by atoms with Gasteiger partial charge in [-0.2, -0.15) is 13.2 Å². The number of hydrogen-bond acceptors (Lipinski definition) is 1. The maximum Gasteiger partial charge on any atom is 0.416 e. The molecule has 0 atom stereocenters. The lowest BCUT2D eigenvalue weighted by Gasteiger charge is -2.10. The lowest BCUT2D eigenvalue weighted by atomic mass is 10.0. The van der Waals surface area contributed by atoms with Crippen LogP contribution in [0, 0.1) is 6.92 Å². The Hall–Kier alpha value is -1.78. The summed E-state index contributed by atoms with van der Waals surface area (Å²) in [4.78, 5) is 10.3. The van der Waals surface area contributed by atoms with E-state index >= 15 is 0 Å². The molecule has 16 heavy (non-hydrogen) atoms. The summed E-state index contributed by atoms with van der Waals surface area (Å²) in [5, 5.41) is 8.37. The zero-order valence-electron chi connectivity index (χ0n) is 8.38. The van der Waals surface area contributed by atoms with Crippen molar-refractivity contribution < 1.29 is 23.1 Å². The number of rotatable bonds is 2. The molecule has 0 aliphatic rings. The summed E-state index contributed by atoms with van der Waals surface area (Å²) in [5.74, 6) is -1.28. The van der Waals surface area contributed by atoms with Gasteiger partial charge in [-0.15, -0.1) is 0 Å². The number of alkyl halides is 3. The van der Waals surface area contributed by atoms with Gasteiger partial charge in [0.1, 0.15) is 0 Å². The SMILES string of the molecule is Cc1ccc(C(F)(F)F)c(/C=C/C(=O)O)c1. The summed E-state index contributed by atoms with van der Waals surface area (Å²) >= 11 is 0. The predicted molar refractivity (Wildman–Crippen MR) is 52.9 cm³/mol. The van der Waals surface area contributed by atoms with E-state index in [0.717, 1.165) is 12.1 Å². The number of halogens is 3. The summed E-state index contributed by atoms with van der Waals surface area (Å²) in [6, 6.07) is 3.57. The monoisotopic (exact) mass is 230 g/mol. The van der Waals surface area contributed by atoms with Crippen LogP contribution in [0.25, 0.3) is 6.08 Å². The van der Waals surface area contributed by atoms with Crippen molar-refractivity contribution in [2.45, 2.75) is 13.1 Å². The summed E-state index contributed by atoms with van der Waals surface area (Å²) in [7, 11) is 0. The second kappa shape index (κ2) is 4.38. The smallest absolute Gasteiger partial charge is 0.416 e. The van der Waals surface area contributed by atoms with Crippen LogP contribution in [0.1, 0.15) is 16.7 Å². The van der Waals surface area contributed by atoms with Crippen molar-refractivity contribution >= 4 is 12.0 Å². The molecule has 0 fully saturated rings. The van der Waals surface area contributed by atoms with Crippen LogP contribution in [0.3, 0.4) is 0 Å². The van der Waals surface area contributed by atoms with Crippen LogP contribution in [0.15, 0.2) is 24.3 Å². The van der Waals surface area contributed by atoms with Gasteiger partial charge in [-0.3, -0.25) is 0 Å². The molecule has 0 aliphatic heterocycles. The highest BCUT2D eigenvalue weighted by atomic mass is 19.4. The van der Waals surface area contributed by atoms with E-state index in [1.165, 1.54) is 12.1 Å². The van der Waals surface area contributed by atoms with E-state index in [1.807, 2.05) is 0 Å².